The zero-order valence-electron chi connectivity index (χ0n) is 17.9. The molecule has 2 heterocycles. The van der Waals surface area contributed by atoms with Crippen molar-refractivity contribution >= 4 is 17.4 Å². The molecule has 1 aliphatic rings. The third-order valence-electron chi connectivity index (χ3n) is 5.62. The molecule has 30 heavy (non-hydrogen) atoms. The Hall–Kier alpha value is -3.06. The van der Waals surface area contributed by atoms with Gasteiger partial charge in [0.05, 0.1) is 38.9 Å². The van der Waals surface area contributed by atoms with Crippen molar-refractivity contribution in [2.75, 3.05) is 33.3 Å². The zero-order chi connectivity index (χ0) is 21.8. The van der Waals surface area contributed by atoms with Crippen molar-refractivity contribution in [2.24, 2.45) is 0 Å². The van der Waals surface area contributed by atoms with Gasteiger partial charge in [0.2, 0.25) is 0 Å². The number of Topliss-reactive ketones (excluding diaryl/α,β-unsaturated/α-hetero) is 1. The number of methoxy groups -OCH3 is 1. The van der Waals surface area contributed by atoms with Gasteiger partial charge in [0, 0.05) is 5.56 Å². The Bertz CT molecular complexity index is 958. The van der Waals surface area contributed by atoms with E-state index < -0.39 is 17.7 Å². The quantitative estimate of drug-likeness (QED) is 0.393. The predicted octanol–water partition coefficient (Wildman–Crippen LogP) is 1.94. The number of carbonyl (C=O) groups excluding carboxylic acids is 2. The lowest BCUT2D eigenvalue weighted by molar-refractivity contribution is -0.895. The zero-order valence-corrected chi connectivity index (χ0v) is 17.9. The van der Waals surface area contributed by atoms with Crippen LogP contribution in [0.15, 0.2) is 46.4 Å². The summed E-state index contributed by atoms with van der Waals surface area (Å²) in [6, 6.07) is 9.55. The molecule has 0 saturated carbocycles. The first-order chi connectivity index (χ1) is 14.4. The SMILES string of the molecule is CC[NH+](CC)CCN1C(=O)C(=O)C(=C(O)c2cccc(OC)c2)[C@@H]1c1ccc(C)o1. The van der Waals surface area contributed by atoms with Crippen LogP contribution < -0.4 is 9.64 Å². The van der Waals surface area contributed by atoms with Crippen molar-refractivity contribution in [3.8, 4) is 5.75 Å². The molecule has 1 aromatic carbocycles. The maximum absolute atomic E-state index is 13.0. The molecule has 1 fully saturated rings. The van der Waals surface area contributed by atoms with Crippen LogP contribution in [0.25, 0.3) is 5.76 Å². The Morgan fingerprint density at radius 2 is 1.93 bits per heavy atom. The number of likely N-dealkylation sites (N-methyl/N-ethyl adjacent to an activating group) is 1. The fourth-order valence-electron chi connectivity index (χ4n) is 3.81. The number of amides is 1. The van der Waals surface area contributed by atoms with E-state index in [9.17, 15) is 14.7 Å². The molecule has 0 radical (unpaired) electrons. The van der Waals surface area contributed by atoms with Crippen molar-refractivity contribution in [1.82, 2.24) is 4.90 Å². The number of rotatable bonds is 8. The van der Waals surface area contributed by atoms with Gasteiger partial charge in [0.25, 0.3) is 11.7 Å². The maximum atomic E-state index is 13.0. The lowest BCUT2D eigenvalue weighted by Crippen LogP contribution is -3.12. The van der Waals surface area contributed by atoms with Crippen LogP contribution in [0.4, 0.5) is 0 Å². The number of likely N-dealkylation sites (tertiary alicyclic amines) is 1. The summed E-state index contributed by atoms with van der Waals surface area (Å²) in [6.07, 6.45) is 0. The lowest BCUT2D eigenvalue weighted by Gasteiger charge is -2.25. The number of nitrogens with one attached hydrogen (secondary N) is 1. The summed E-state index contributed by atoms with van der Waals surface area (Å²) in [6.45, 7) is 8.92. The number of carbonyl (C=O) groups is 2. The molecule has 1 aromatic heterocycles. The largest absolute Gasteiger partial charge is 0.507 e. The van der Waals surface area contributed by atoms with Crippen LogP contribution in [0.2, 0.25) is 0 Å². The minimum Gasteiger partial charge on any atom is -0.507 e. The highest BCUT2D eigenvalue weighted by Gasteiger charge is 2.47. The highest BCUT2D eigenvalue weighted by Crippen LogP contribution is 2.40. The molecular weight excluding hydrogens is 384 g/mol. The molecule has 0 aliphatic carbocycles. The minimum absolute atomic E-state index is 0.0390. The van der Waals surface area contributed by atoms with E-state index in [-0.39, 0.29) is 11.3 Å². The van der Waals surface area contributed by atoms with Crippen LogP contribution in [0, 0.1) is 6.92 Å². The highest BCUT2D eigenvalue weighted by atomic mass is 16.5. The fourth-order valence-corrected chi connectivity index (χ4v) is 3.81. The van der Waals surface area contributed by atoms with Gasteiger partial charge < -0.3 is 24.1 Å². The number of aliphatic hydroxyl groups is 1. The van der Waals surface area contributed by atoms with Gasteiger partial charge in [0.1, 0.15) is 29.1 Å². The number of ether oxygens (including phenoxy) is 1. The number of nitrogens with zero attached hydrogens (tertiary/aromatic N) is 1. The average molecular weight is 413 g/mol. The van der Waals surface area contributed by atoms with Gasteiger partial charge >= 0.3 is 0 Å². The number of hydrogen-bond donors (Lipinski definition) is 2. The topological polar surface area (TPSA) is 84.4 Å². The van der Waals surface area contributed by atoms with Crippen molar-refractivity contribution in [1.29, 1.82) is 0 Å². The summed E-state index contributed by atoms with van der Waals surface area (Å²) in [5.74, 6) is 0.124. The van der Waals surface area contributed by atoms with E-state index in [1.54, 1.807) is 43.3 Å². The van der Waals surface area contributed by atoms with Crippen LogP contribution in [0.5, 0.6) is 5.75 Å². The molecule has 0 bridgehead atoms. The van der Waals surface area contributed by atoms with E-state index in [0.29, 0.717) is 35.9 Å². The van der Waals surface area contributed by atoms with E-state index >= 15 is 0 Å². The first kappa shape index (κ1) is 21.6. The van der Waals surface area contributed by atoms with Crippen molar-refractivity contribution in [2.45, 2.75) is 26.8 Å². The maximum Gasteiger partial charge on any atom is 0.295 e. The summed E-state index contributed by atoms with van der Waals surface area (Å²) < 4.78 is 11.0. The van der Waals surface area contributed by atoms with E-state index in [1.165, 1.54) is 16.9 Å². The van der Waals surface area contributed by atoms with E-state index in [1.807, 2.05) is 0 Å². The smallest absolute Gasteiger partial charge is 0.295 e. The molecule has 1 aliphatic heterocycles. The molecule has 3 rings (SSSR count). The van der Waals surface area contributed by atoms with Crippen LogP contribution in [-0.2, 0) is 9.59 Å². The molecule has 1 amide bonds. The van der Waals surface area contributed by atoms with Gasteiger partial charge in [-0.3, -0.25) is 9.59 Å². The summed E-state index contributed by atoms with van der Waals surface area (Å²) in [4.78, 5) is 28.7. The second-order valence-corrected chi connectivity index (χ2v) is 7.38. The van der Waals surface area contributed by atoms with Crippen LogP contribution >= 0.6 is 0 Å². The molecule has 7 heteroatoms. The van der Waals surface area contributed by atoms with Gasteiger partial charge in [0.15, 0.2) is 0 Å². The summed E-state index contributed by atoms with van der Waals surface area (Å²) >= 11 is 0. The summed E-state index contributed by atoms with van der Waals surface area (Å²) in [5.41, 5.74) is 0.451. The number of benzene rings is 1. The van der Waals surface area contributed by atoms with E-state index in [0.717, 1.165) is 13.1 Å². The molecule has 1 saturated heterocycles. The number of furan rings is 1. The first-order valence-corrected chi connectivity index (χ1v) is 10.2. The first-order valence-electron chi connectivity index (χ1n) is 10.2. The number of ketones is 1. The van der Waals surface area contributed by atoms with Crippen LogP contribution in [0.3, 0.4) is 0 Å². The molecule has 2 aromatic rings. The molecule has 0 unspecified atom stereocenters. The van der Waals surface area contributed by atoms with Crippen LogP contribution in [0.1, 0.15) is 37.0 Å². The monoisotopic (exact) mass is 413 g/mol. The molecule has 160 valence electrons. The standard InChI is InChI=1S/C23H28N2O5/c1-5-24(6-2)12-13-25-20(18-11-10-15(3)30-18)19(22(27)23(25)28)21(26)16-8-7-9-17(14-16)29-4/h7-11,14,20,26H,5-6,12-13H2,1-4H3/p+1/t20-/m0/s1. The summed E-state index contributed by atoms with van der Waals surface area (Å²) in [5, 5.41) is 11.0. The van der Waals surface area contributed by atoms with Gasteiger partial charge in [-0.15, -0.1) is 0 Å². The molecular formula is C23H29N2O5+. The van der Waals surface area contributed by atoms with Crippen LogP contribution in [-0.4, -0.2) is 55.0 Å². The molecule has 0 spiro atoms. The van der Waals surface area contributed by atoms with E-state index in [4.69, 9.17) is 9.15 Å². The van der Waals surface area contributed by atoms with Gasteiger partial charge in [-0.25, -0.2) is 0 Å². The predicted molar refractivity (Wildman–Crippen MR) is 112 cm³/mol. The lowest BCUT2D eigenvalue weighted by atomic mass is 9.99. The van der Waals surface area contributed by atoms with Crippen molar-refractivity contribution < 1.29 is 28.7 Å². The molecule has 7 nitrogen and oxygen atoms in total. The summed E-state index contributed by atoms with van der Waals surface area (Å²) in [7, 11) is 1.53. The minimum atomic E-state index is -0.764. The van der Waals surface area contributed by atoms with E-state index in [2.05, 4.69) is 13.8 Å². The Morgan fingerprint density at radius 3 is 2.53 bits per heavy atom. The number of quaternary nitrogens is 1. The highest BCUT2D eigenvalue weighted by molar-refractivity contribution is 6.46. The molecule has 2 N–H and O–H groups in total. The Labute approximate surface area is 176 Å². The van der Waals surface area contributed by atoms with Gasteiger partial charge in [-0.05, 0) is 45.0 Å². The third-order valence-corrected chi connectivity index (χ3v) is 5.62. The van der Waals surface area contributed by atoms with Crippen molar-refractivity contribution in [3.63, 3.8) is 0 Å². The molecule has 1 atom stereocenters. The third kappa shape index (κ3) is 4.11. The Balaban J connectivity index is 2.07. The number of hydrogen-bond acceptors (Lipinski definition) is 5. The second-order valence-electron chi connectivity index (χ2n) is 7.38. The Kier molecular flexibility index (Phi) is 6.62. The van der Waals surface area contributed by atoms with Crippen molar-refractivity contribution in [3.05, 3.63) is 59.1 Å². The average Bonchev–Trinajstić information content (AvgIpc) is 3.29. The van der Waals surface area contributed by atoms with Gasteiger partial charge in [-0.2, -0.15) is 0 Å². The Morgan fingerprint density at radius 1 is 1.20 bits per heavy atom. The fraction of sp³-hybridized carbons (Fsp3) is 0.391. The number of aryl methyl sites for hydroxylation is 1. The normalized spacial score (nSPS) is 18.4. The number of aliphatic hydroxyl groups excluding tert-OH is 1. The van der Waals surface area contributed by atoms with Gasteiger partial charge in [-0.1, -0.05) is 12.1 Å². The second kappa shape index (κ2) is 9.17.